The van der Waals surface area contributed by atoms with Crippen molar-refractivity contribution in [3.63, 3.8) is 0 Å². The summed E-state index contributed by atoms with van der Waals surface area (Å²) in [4.78, 5) is 12.7. The molecule has 2 rings (SSSR count). The van der Waals surface area contributed by atoms with Crippen LogP contribution in [0.3, 0.4) is 0 Å². The molecule has 5 nitrogen and oxygen atoms in total. The summed E-state index contributed by atoms with van der Waals surface area (Å²) >= 11 is 12.5. The number of aryl methyl sites for hydroxylation is 1. The van der Waals surface area contributed by atoms with E-state index in [2.05, 4.69) is 10.5 Å². The Morgan fingerprint density at radius 3 is 2.36 bits per heavy atom. The molecule has 0 spiro atoms. The highest BCUT2D eigenvalue weighted by atomic mass is 35.5. The van der Waals surface area contributed by atoms with Crippen molar-refractivity contribution in [3.05, 3.63) is 39.6 Å². The first-order valence-corrected chi connectivity index (χ1v) is 8.56. The van der Waals surface area contributed by atoms with Crippen LogP contribution in [-0.4, -0.2) is 23.1 Å². The lowest BCUT2D eigenvalue weighted by Gasteiger charge is -2.26. The van der Waals surface area contributed by atoms with E-state index in [9.17, 15) is 4.79 Å². The fourth-order valence-electron chi connectivity index (χ4n) is 2.38. The van der Waals surface area contributed by atoms with Crippen molar-refractivity contribution < 1.29 is 9.32 Å². The lowest BCUT2D eigenvalue weighted by molar-refractivity contribution is 0.0941. The van der Waals surface area contributed by atoms with E-state index in [1.807, 2.05) is 13.8 Å². The molecule has 1 heterocycles. The normalized spacial score (nSPS) is 11.1. The van der Waals surface area contributed by atoms with E-state index in [1.54, 1.807) is 25.1 Å². The van der Waals surface area contributed by atoms with E-state index in [0.717, 1.165) is 12.8 Å². The minimum atomic E-state index is -0.442. The maximum Gasteiger partial charge on any atom is 0.257 e. The highest BCUT2D eigenvalue weighted by molar-refractivity contribution is 6.39. The molecule has 0 aliphatic rings. The Balaban J connectivity index is 0.00000312. The second-order valence-electron chi connectivity index (χ2n) is 5.81. The number of benzene rings is 1. The van der Waals surface area contributed by atoms with Crippen LogP contribution in [0.5, 0.6) is 0 Å². The van der Waals surface area contributed by atoms with Crippen molar-refractivity contribution in [1.82, 2.24) is 10.5 Å². The molecule has 0 aliphatic carbocycles. The molecule has 1 amide bonds. The zero-order valence-corrected chi connectivity index (χ0v) is 16.7. The average Bonchev–Trinajstić information content (AvgIpc) is 2.93. The standard InChI is InChI=1S/C17H21Cl2N3O2.ClH/c1-4-17(20,5-2)9-21-16(23)13-10(3)24-22-15(13)14-11(18)7-6-8-12(14)19;/h6-8H,4-5,9,20H2,1-3H3,(H,21,23);1H. The van der Waals surface area contributed by atoms with Crippen LogP contribution >= 0.6 is 35.6 Å². The SMILES string of the molecule is CCC(N)(CC)CNC(=O)c1c(-c2c(Cl)cccc2Cl)noc1C.Cl. The summed E-state index contributed by atoms with van der Waals surface area (Å²) in [5.74, 6) is 0.0885. The first kappa shape index (κ1) is 21.8. The summed E-state index contributed by atoms with van der Waals surface area (Å²) < 4.78 is 5.21. The van der Waals surface area contributed by atoms with E-state index in [-0.39, 0.29) is 18.3 Å². The first-order valence-electron chi connectivity index (χ1n) is 7.80. The van der Waals surface area contributed by atoms with Crippen LogP contribution < -0.4 is 11.1 Å². The van der Waals surface area contributed by atoms with Crippen molar-refractivity contribution in [3.8, 4) is 11.3 Å². The molecule has 138 valence electrons. The molecule has 0 bridgehead atoms. The van der Waals surface area contributed by atoms with Crippen LogP contribution in [-0.2, 0) is 0 Å². The van der Waals surface area contributed by atoms with Crippen LogP contribution in [0.25, 0.3) is 11.3 Å². The Hall–Kier alpha value is -1.27. The van der Waals surface area contributed by atoms with Crippen LogP contribution in [0.15, 0.2) is 22.7 Å². The quantitative estimate of drug-likeness (QED) is 0.733. The third-order valence-corrected chi connectivity index (χ3v) is 4.93. The number of carbonyl (C=O) groups excluding carboxylic acids is 1. The Kier molecular flexibility index (Phi) is 7.75. The summed E-state index contributed by atoms with van der Waals surface area (Å²) in [6.45, 7) is 6.02. The maximum absolute atomic E-state index is 12.7. The topological polar surface area (TPSA) is 81.1 Å². The molecule has 0 saturated heterocycles. The second kappa shape index (κ2) is 8.90. The third kappa shape index (κ3) is 4.67. The Morgan fingerprint density at radius 1 is 1.28 bits per heavy atom. The van der Waals surface area contributed by atoms with Crippen LogP contribution in [0.1, 0.15) is 42.8 Å². The number of amides is 1. The fourth-order valence-corrected chi connectivity index (χ4v) is 2.96. The fraction of sp³-hybridized carbons (Fsp3) is 0.412. The van der Waals surface area contributed by atoms with E-state index in [4.69, 9.17) is 33.5 Å². The molecule has 0 fully saturated rings. The predicted octanol–water partition coefficient (Wildman–Crippen LogP) is 4.63. The van der Waals surface area contributed by atoms with Gasteiger partial charge < -0.3 is 15.6 Å². The number of hydrogen-bond donors (Lipinski definition) is 2. The molecule has 0 aliphatic heterocycles. The number of nitrogens with two attached hydrogens (primary N) is 1. The molecule has 1 aromatic heterocycles. The van der Waals surface area contributed by atoms with Gasteiger partial charge in [-0.05, 0) is 31.9 Å². The second-order valence-corrected chi connectivity index (χ2v) is 6.63. The van der Waals surface area contributed by atoms with Crippen molar-refractivity contribution in [2.24, 2.45) is 5.73 Å². The van der Waals surface area contributed by atoms with Gasteiger partial charge in [0, 0.05) is 17.6 Å². The molecule has 0 unspecified atom stereocenters. The van der Waals surface area contributed by atoms with E-state index < -0.39 is 5.54 Å². The Morgan fingerprint density at radius 2 is 1.84 bits per heavy atom. The lowest BCUT2D eigenvalue weighted by Crippen LogP contribution is -2.49. The summed E-state index contributed by atoms with van der Waals surface area (Å²) in [7, 11) is 0. The van der Waals surface area contributed by atoms with E-state index in [1.165, 1.54) is 0 Å². The third-order valence-electron chi connectivity index (χ3n) is 4.30. The zero-order valence-electron chi connectivity index (χ0n) is 14.4. The van der Waals surface area contributed by atoms with Gasteiger partial charge in [0.1, 0.15) is 17.0 Å². The number of rotatable bonds is 6. The highest BCUT2D eigenvalue weighted by Gasteiger charge is 2.27. The van der Waals surface area contributed by atoms with Gasteiger partial charge in [0.15, 0.2) is 0 Å². The first-order chi connectivity index (χ1) is 11.3. The van der Waals surface area contributed by atoms with Gasteiger partial charge in [-0.15, -0.1) is 12.4 Å². The summed E-state index contributed by atoms with van der Waals surface area (Å²) in [6, 6.07) is 5.10. The minimum Gasteiger partial charge on any atom is -0.360 e. The number of aromatic nitrogens is 1. The van der Waals surface area contributed by atoms with Crippen molar-refractivity contribution >= 4 is 41.5 Å². The van der Waals surface area contributed by atoms with Gasteiger partial charge in [0.2, 0.25) is 0 Å². The van der Waals surface area contributed by atoms with Gasteiger partial charge in [0.05, 0.1) is 10.0 Å². The number of nitrogens with zero attached hydrogens (tertiary/aromatic N) is 1. The van der Waals surface area contributed by atoms with Gasteiger partial charge in [-0.2, -0.15) is 0 Å². The predicted molar refractivity (Wildman–Crippen MR) is 104 cm³/mol. The zero-order chi connectivity index (χ0) is 17.9. The smallest absolute Gasteiger partial charge is 0.257 e. The number of hydrogen-bond acceptors (Lipinski definition) is 4. The lowest BCUT2D eigenvalue weighted by atomic mass is 9.94. The summed E-state index contributed by atoms with van der Waals surface area (Å²) in [5, 5.41) is 7.65. The Bertz CT molecular complexity index is 722. The average molecular weight is 407 g/mol. The van der Waals surface area contributed by atoms with Crippen molar-refractivity contribution in [1.29, 1.82) is 0 Å². The van der Waals surface area contributed by atoms with Crippen LogP contribution in [0.2, 0.25) is 10.0 Å². The van der Waals surface area contributed by atoms with Gasteiger partial charge in [-0.25, -0.2) is 0 Å². The van der Waals surface area contributed by atoms with Crippen LogP contribution in [0, 0.1) is 6.92 Å². The van der Waals surface area contributed by atoms with Gasteiger partial charge in [-0.3, -0.25) is 4.79 Å². The van der Waals surface area contributed by atoms with Crippen molar-refractivity contribution in [2.45, 2.75) is 39.2 Å². The summed E-state index contributed by atoms with van der Waals surface area (Å²) in [5.41, 5.74) is 6.92. The van der Waals surface area contributed by atoms with E-state index in [0.29, 0.717) is 39.2 Å². The highest BCUT2D eigenvalue weighted by Crippen LogP contribution is 2.36. The monoisotopic (exact) mass is 405 g/mol. The number of nitrogens with one attached hydrogen (secondary N) is 1. The Labute approximate surface area is 163 Å². The molecule has 0 radical (unpaired) electrons. The molecule has 0 atom stereocenters. The molecule has 1 aromatic carbocycles. The summed E-state index contributed by atoms with van der Waals surface area (Å²) in [6.07, 6.45) is 1.52. The van der Waals surface area contributed by atoms with Gasteiger partial charge in [-0.1, -0.05) is 48.3 Å². The van der Waals surface area contributed by atoms with Gasteiger partial charge >= 0.3 is 0 Å². The maximum atomic E-state index is 12.7. The molecule has 25 heavy (non-hydrogen) atoms. The largest absolute Gasteiger partial charge is 0.360 e. The van der Waals surface area contributed by atoms with E-state index >= 15 is 0 Å². The molecule has 8 heteroatoms. The number of carbonyl (C=O) groups is 1. The molecule has 3 N–H and O–H groups in total. The molecular weight excluding hydrogens is 385 g/mol. The van der Waals surface area contributed by atoms with Gasteiger partial charge in [0.25, 0.3) is 5.91 Å². The number of halogens is 3. The van der Waals surface area contributed by atoms with Crippen molar-refractivity contribution in [2.75, 3.05) is 6.54 Å². The minimum absolute atomic E-state index is 0. The van der Waals surface area contributed by atoms with Crippen LogP contribution in [0.4, 0.5) is 0 Å². The molecular formula is C17H22Cl3N3O2. The molecule has 2 aromatic rings. The molecule has 0 saturated carbocycles.